The minimum Gasteiger partial charge on any atom is -0.360 e. The zero-order valence-electron chi connectivity index (χ0n) is 19.6. The molecule has 1 nitrogen and oxygen atoms in total. The minimum atomic E-state index is 1.16. The van der Waals surface area contributed by atoms with Gasteiger partial charge in [0, 0.05) is 27.2 Å². The predicted molar refractivity (Wildman–Crippen MR) is 159 cm³/mol. The maximum Gasteiger partial charge on any atom is 0.0647 e. The fraction of sp³-hybridized carbons (Fsp3) is 0. The van der Waals surface area contributed by atoms with E-state index in [1.54, 1.807) is 0 Å². The third-order valence-electron chi connectivity index (χ3n) is 6.90. The van der Waals surface area contributed by atoms with Crippen LogP contribution >= 0.6 is 11.3 Å². The molecule has 0 saturated carbocycles. The Morgan fingerprint density at radius 1 is 0.556 bits per heavy atom. The summed E-state index contributed by atoms with van der Waals surface area (Å²) in [7, 11) is 0. The van der Waals surface area contributed by atoms with Crippen molar-refractivity contribution < 1.29 is 0 Å². The van der Waals surface area contributed by atoms with E-state index in [-0.39, 0.29) is 0 Å². The van der Waals surface area contributed by atoms with Crippen molar-refractivity contribution in [3.63, 3.8) is 0 Å². The third kappa shape index (κ3) is 3.38. The lowest BCUT2D eigenvalue weighted by Gasteiger charge is -2.17. The summed E-state index contributed by atoms with van der Waals surface area (Å²) in [4.78, 5) is 0. The van der Waals surface area contributed by atoms with Gasteiger partial charge in [0.15, 0.2) is 0 Å². The van der Waals surface area contributed by atoms with Crippen molar-refractivity contribution in [1.82, 2.24) is 0 Å². The van der Waals surface area contributed by atoms with Gasteiger partial charge in [-0.15, -0.1) is 11.3 Å². The molecular formula is C34H23NS. The molecule has 0 atom stereocenters. The van der Waals surface area contributed by atoms with Gasteiger partial charge in [0.2, 0.25) is 0 Å². The summed E-state index contributed by atoms with van der Waals surface area (Å²) < 4.78 is 2.60. The molecule has 0 radical (unpaired) electrons. The molecule has 7 rings (SSSR count). The van der Waals surface area contributed by atoms with Gasteiger partial charge in [-0.1, -0.05) is 115 Å². The highest BCUT2D eigenvalue weighted by molar-refractivity contribution is 7.26. The summed E-state index contributed by atoms with van der Waals surface area (Å²) >= 11 is 1.87. The second-order valence-electron chi connectivity index (χ2n) is 9.01. The van der Waals surface area contributed by atoms with Gasteiger partial charge in [0.25, 0.3) is 0 Å². The van der Waals surface area contributed by atoms with Gasteiger partial charge in [-0.25, -0.2) is 0 Å². The molecule has 0 fully saturated rings. The van der Waals surface area contributed by atoms with Crippen molar-refractivity contribution in [2.45, 2.75) is 0 Å². The molecule has 6 aromatic carbocycles. The van der Waals surface area contributed by atoms with Crippen LogP contribution in [0.15, 0.2) is 128 Å². The molecule has 0 bridgehead atoms. The van der Waals surface area contributed by atoms with E-state index in [2.05, 4.69) is 133 Å². The van der Waals surface area contributed by atoms with Gasteiger partial charge in [0.05, 0.1) is 10.4 Å². The molecule has 1 N–H and O–H groups in total. The average Bonchev–Trinajstić information content (AvgIpc) is 3.33. The molecule has 7 aromatic rings. The molecule has 0 spiro atoms. The molecule has 0 amide bonds. The number of anilines is 1. The highest BCUT2D eigenvalue weighted by Gasteiger charge is 2.20. The van der Waals surface area contributed by atoms with Gasteiger partial charge in [-0.2, -0.15) is 0 Å². The SMILES string of the molecule is C(=C/c1ccccc1)/Nc1c(-c2cccc3ccccc23)c2ccccc2c2c1sc1ccccc12. The van der Waals surface area contributed by atoms with Gasteiger partial charge in [-0.05, 0) is 44.8 Å². The van der Waals surface area contributed by atoms with Crippen molar-refractivity contribution in [2.24, 2.45) is 0 Å². The monoisotopic (exact) mass is 477 g/mol. The van der Waals surface area contributed by atoms with Crippen LogP contribution in [0.4, 0.5) is 5.69 Å². The fourth-order valence-corrected chi connectivity index (χ4v) is 6.53. The number of hydrogen-bond acceptors (Lipinski definition) is 2. The lowest BCUT2D eigenvalue weighted by atomic mass is 9.90. The maximum absolute atomic E-state index is 3.75. The smallest absolute Gasteiger partial charge is 0.0647 e. The first-order valence-electron chi connectivity index (χ1n) is 12.2. The standard InChI is InChI=1S/C34H23NS/c1-2-11-23(12-3-1)21-22-35-33-31(26-19-10-14-24-13-4-5-15-25(24)26)27-16-6-7-17-28(27)32-29-18-8-9-20-30(29)36-34(32)33/h1-22,35H/b22-21-. The number of hydrogen-bond donors (Lipinski definition) is 1. The van der Waals surface area contributed by atoms with Gasteiger partial charge in [-0.3, -0.25) is 0 Å². The highest BCUT2D eigenvalue weighted by atomic mass is 32.1. The van der Waals surface area contributed by atoms with Crippen LogP contribution in [-0.4, -0.2) is 0 Å². The van der Waals surface area contributed by atoms with Crippen LogP contribution in [0.1, 0.15) is 5.56 Å². The van der Waals surface area contributed by atoms with Crippen LogP contribution in [0.3, 0.4) is 0 Å². The van der Waals surface area contributed by atoms with Crippen LogP contribution in [-0.2, 0) is 0 Å². The van der Waals surface area contributed by atoms with E-state index in [9.17, 15) is 0 Å². The van der Waals surface area contributed by atoms with E-state index in [0.29, 0.717) is 0 Å². The molecule has 170 valence electrons. The van der Waals surface area contributed by atoms with Crippen LogP contribution in [0.2, 0.25) is 0 Å². The molecule has 1 aromatic heterocycles. The van der Waals surface area contributed by atoms with E-state index in [1.807, 2.05) is 17.4 Å². The van der Waals surface area contributed by atoms with Crippen molar-refractivity contribution in [1.29, 1.82) is 0 Å². The lowest BCUT2D eigenvalue weighted by molar-refractivity contribution is 1.62. The van der Waals surface area contributed by atoms with Gasteiger partial charge < -0.3 is 5.32 Å². The second-order valence-corrected chi connectivity index (χ2v) is 10.1. The van der Waals surface area contributed by atoms with Crippen molar-refractivity contribution >= 4 is 64.8 Å². The highest BCUT2D eigenvalue weighted by Crippen LogP contribution is 2.49. The predicted octanol–water partition coefficient (Wildman–Crippen LogP) is 10.1. The Balaban J connectivity index is 1.60. The van der Waals surface area contributed by atoms with Crippen molar-refractivity contribution in [2.75, 3.05) is 5.32 Å². The van der Waals surface area contributed by atoms with E-state index in [0.717, 1.165) is 5.69 Å². The van der Waals surface area contributed by atoms with E-state index in [1.165, 1.54) is 58.4 Å². The molecule has 0 aliphatic rings. The number of benzene rings is 6. The van der Waals surface area contributed by atoms with E-state index >= 15 is 0 Å². The Bertz CT molecular complexity index is 1910. The number of nitrogens with one attached hydrogen (secondary N) is 1. The largest absolute Gasteiger partial charge is 0.360 e. The van der Waals surface area contributed by atoms with E-state index in [4.69, 9.17) is 0 Å². The first-order chi connectivity index (χ1) is 17.9. The summed E-state index contributed by atoms with van der Waals surface area (Å²) in [5, 5.41) is 11.5. The molecule has 2 heteroatoms. The molecule has 0 unspecified atom stereocenters. The van der Waals surface area contributed by atoms with Crippen molar-refractivity contribution in [3.8, 4) is 11.1 Å². The van der Waals surface area contributed by atoms with Crippen molar-refractivity contribution in [3.05, 3.63) is 133 Å². The number of thiophene rings is 1. The minimum absolute atomic E-state index is 1.16. The quantitative estimate of drug-likeness (QED) is 0.266. The summed E-state index contributed by atoms with van der Waals surface area (Å²) in [5.74, 6) is 0. The Hall–Kier alpha value is -4.40. The Morgan fingerprint density at radius 3 is 2.08 bits per heavy atom. The van der Waals surface area contributed by atoms with E-state index < -0.39 is 0 Å². The summed E-state index contributed by atoms with van der Waals surface area (Å²) in [5.41, 5.74) is 4.83. The topological polar surface area (TPSA) is 12.0 Å². The zero-order chi connectivity index (χ0) is 23.9. The van der Waals surface area contributed by atoms with Crippen LogP contribution in [0.5, 0.6) is 0 Å². The van der Waals surface area contributed by atoms with Gasteiger partial charge in [0.1, 0.15) is 0 Å². The Morgan fingerprint density at radius 2 is 1.22 bits per heavy atom. The lowest BCUT2D eigenvalue weighted by Crippen LogP contribution is -1.95. The summed E-state index contributed by atoms with van der Waals surface area (Å²) in [6, 6.07) is 43.4. The number of rotatable bonds is 4. The molecule has 0 saturated heterocycles. The molecule has 0 aliphatic heterocycles. The Kier molecular flexibility index (Phi) is 5.04. The summed E-state index contributed by atoms with van der Waals surface area (Å²) in [6.45, 7) is 0. The molecule has 1 heterocycles. The normalized spacial score (nSPS) is 11.8. The average molecular weight is 478 g/mol. The molecular weight excluding hydrogens is 454 g/mol. The zero-order valence-corrected chi connectivity index (χ0v) is 20.4. The number of fused-ring (bicyclic) bond motifs is 6. The van der Waals surface area contributed by atoms with Gasteiger partial charge >= 0.3 is 0 Å². The maximum atomic E-state index is 3.75. The van der Waals surface area contributed by atoms with Crippen LogP contribution in [0, 0.1) is 0 Å². The van der Waals surface area contributed by atoms with Crippen LogP contribution < -0.4 is 5.32 Å². The first kappa shape index (κ1) is 20.9. The molecule has 36 heavy (non-hydrogen) atoms. The first-order valence-corrected chi connectivity index (χ1v) is 13.0. The van der Waals surface area contributed by atoms with Crippen LogP contribution in [0.25, 0.3) is 58.9 Å². The fourth-order valence-electron chi connectivity index (χ4n) is 5.30. The molecule has 0 aliphatic carbocycles. The second kappa shape index (κ2) is 8.67. The third-order valence-corrected chi connectivity index (χ3v) is 8.09. The summed E-state index contributed by atoms with van der Waals surface area (Å²) in [6.07, 6.45) is 4.22. The Labute approximate surface area is 214 Å².